The topological polar surface area (TPSA) is 78.8 Å². The Bertz CT molecular complexity index is 1070. The molecular formula is C29H39FN4O3. The number of aromatic nitrogens is 2. The van der Waals surface area contributed by atoms with E-state index in [0.717, 1.165) is 67.8 Å². The number of aliphatic hydroxyl groups is 1. The van der Waals surface area contributed by atoms with Crippen LogP contribution in [0.25, 0.3) is 5.57 Å². The standard InChI is InChI=1S/C29H39FN4O3/c1-3-21-18-31-29(32-19-21)34-13-11-22(12-14-34)20-37-27-10-9-25(17-26(27)30)23-5-7-24(8-6-23)28(36)33(4-2)15-16-35/h5,9-10,17-19,22,24,35H,3-4,6-8,11-16,20H2,1-2H3. The highest BCUT2D eigenvalue weighted by molar-refractivity contribution is 5.80. The lowest BCUT2D eigenvalue weighted by Crippen LogP contribution is -2.38. The van der Waals surface area contributed by atoms with Crippen molar-refractivity contribution in [2.75, 3.05) is 44.3 Å². The Kier molecular flexibility index (Phi) is 9.50. The Morgan fingerprint density at radius 3 is 2.54 bits per heavy atom. The van der Waals surface area contributed by atoms with E-state index < -0.39 is 0 Å². The van der Waals surface area contributed by atoms with E-state index in [9.17, 15) is 14.3 Å². The maximum atomic E-state index is 14.9. The minimum atomic E-state index is -0.349. The van der Waals surface area contributed by atoms with Crippen molar-refractivity contribution >= 4 is 17.4 Å². The van der Waals surface area contributed by atoms with Gasteiger partial charge in [0.2, 0.25) is 11.9 Å². The number of hydrogen-bond acceptors (Lipinski definition) is 6. The quantitative estimate of drug-likeness (QED) is 0.507. The molecule has 0 bridgehead atoms. The van der Waals surface area contributed by atoms with Gasteiger partial charge in [-0.25, -0.2) is 14.4 Å². The normalized spacial score (nSPS) is 18.4. The summed E-state index contributed by atoms with van der Waals surface area (Å²) < 4.78 is 20.8. The largest absolute Gasteiger partial charge is 0.490 e. The molecule has 1 aromatic heterocycles. The van der Waals surface area contributed by atoms with E-state index in [-0.39, 0.29) is 30.0 Å². The third-order valence-electron chi connectivity index (χ3n) is 7.60. The number of hydrogen-bond donors (Lipinski definition) is 1. The van der Waals surface area contributed by atoms with Crippen molar-refractivity contribution in [2.45, 2.75) is 52.4 Å². The van der Waals surface area contributed by atoms with E-state index in [2.05, 4.69) is 27.9 Å². The number of ether oxygens (including phenoxy) is 1. The molecule has 2 aliphatic rings. The number of aliphatic hydroxyl groups excluding tert-OH is 1. The van der Waals surface area contributed by atoms with Crippen LogP contribution in [0.1, 0.15) is 57.1 Å². The van der Waals surface area contributed by atoms with Crippen molar-refractivity contribution in [3.63, 3.8) is 0 Å². The number of halogens is 1. The molecule has 2 heterocycles. The van der Waals surface area contributed by atoms with Crippen molar-refractivity contribution in [3.05, 3.63) is 53.6 Å². The highest BCUT2D eigenvalue weighted by Gasteiger charge is 2.26. The Morgan fingerprint density at radius 2 is 1.95 bits per heavy atom. The lowest BCUT2D eigenvalue weighted by molar-refractivity contribution is -0.136. The van der Waals surface area contributed by atoms with Crippen molar-refractivity contribution in [1.29, 1.82) is 0 Å². The van der Waals surface area contributed by atoms with Crippen molar-refractivity contribution < 1.29 is 19.0 Å². The molecule has 1 amide bonds. The van der Waals surface area contributed by atoms with Gasteiger partial charge in [0.25, 0.3) is 0 Å². The van der Waals surface area contributed by atoms with Gasteiger partial charge in [0.05, 0.1) is 13.2 Å². The highest BCUT2D eigenvalue weighted by Crippen LogP contribution is 2.33. The Morgan fingerprint density at radius 1 is 1.19 bits per heavy atom. The number of piperidine rings is 1. The molecule has 0 radical (unpaired) electrons. The summed E-state index contributed by atoms with van der Waals surface area (Å²) >= 11 is 0. The fourth-order valence-electron chi connectivity index (χ4n) is 5.14. The highest BCUT2D eigenvalue weighted by atomic mass is 19.1. The molecule has 1 unspecified atom stereocenters. The molecule has 1 fully saturated rings. The van der Waals surface area contributed by atoms with Gasteiger partial charge >= 0.3 is 0 Å². The van der Waals surface area contributed by atoms with E-state index in [0.29, 0.717) is 32.0 Å². The molecule has 37 heavy (non-hydrogen) atoms. The summed E-state index contributed by atoms with van der Waals surface area (Å²) in [4.78, 5) is 25.6. The van der Waals surface area contributed by atoms with Crippen LogP contribution in [0.3, 0.4) is 0 Å². The summed E-state index contributed by atoms with van der Waals surface area (Å²) in [6.45, 7) is 7.19. The van der Waals surface area contributed by atoms with Crippen LogP contribution in [0.5, 0.6) is 5.75 Å². The molecular weight excluding hydrogens is 471 g/mol. The number of carbonyl (C=O) groups is 1. The Hall–Kier alpha value is -3.00. The van der Waals surface area contributed by atoms with Crippen molar-refractivity contribution in [2.24, 2.45) is 11.8 Å². The summed E-state index contributed by atoms with van der Waals surface area (Å²) in [6.07, 6.45) is 10.8. The number of anilines is 1. The summed E-state index contributed by atoms with van der Waals surface area (Å²) in [5.41, 5.74) is 3.05. The number of amides is 1. The van der Waals surface area contributed by atoms with Crippen LogP contribution >= 0.6 is 0 Å². The Balaban J connectivity index is 1.26. The molecule has 1 N–H and O–H groups in total. The van der Waals surface area contributed by atoms with Crippen molar-refractivity contribution in [3.8, 4) is 5.75 Å². The predicted molar refractivity (Wildman–Crippen MR) is 143 cm³/mol. The number of rotatable bonds is 10. The third-order valence-corrected chi connectivity index (χ3v) is 7.60. The zero-order valence-electron chi connectivity index (χ0n) is 22.0. The number of nitrogens with zero attached hydrogens (tertiary/aromatic N) is 4. The van der Waals surface area contributed by atoms with E-state index in [1.807, 2.05) is 25.4 Å². The van der Waals surface area contributed by atoms with Crippen LogP contribution in [-0.2, 0) is 11.2 Å². The lowest BCUT2D eigenvalue weighted by atomic mass is 9.85. The van der Waals surface area contributed by atoms with Gasteiger partial charge in [-0.3, -0.25) is 4.79 Å². The molecule has 1 aromatic carbocycles. The van der Waals surface area contributed by atoms with Gasteiger partial charge in [-0.1, -0.05) is 19.1 Å². The van der Waals surface area contributed by atoms with Crippen LogP contribution in [0.2, 0.25) is 0 Å². The number of benzene rings is 1. The maximum absolute atomic E-state index is 14.9. The predicted octanol–water partition coefficient (Wildman–Crippen LogP) is 4.50. The number of carbonyl (C=O) groups excluding carboxylic acids is 1. The van der Waals surface area contributed by atoms with Crippen LogP contribution in [0, 0.1) is 17.7 Å². The molecule has 7 nitrogen and oxygen atoms in total. The number of aryl methyl sites for hydroxylation is 1. The molecule has 1 atom stereocenters. The third kappa shape index (κ3) is 6.86. The Labute approximate surface area is 219 Å². The summed E-state index contributed by atoms with van der Waals surface area (Å²) in [5, 5.41) is 9.18. The molecule has 1 aliphatic heterocycles. The first kappa shape index (κ1) is 27.0. The smallest absolute Gasteiger partial charge is 0.226 e. The molecule has 8 heteroatoms. The second kappa shape index (κ2) is 13.0. The van der Waals surface area contributed by atoms with Gasteiger partial charge in [-0.2, -0.15) is 0 Å². The average Bonchev–Trinajstić information content (AvgIpc) is 2.95. The van der Waals surface area contributed by atoms with Gasteiger partial charge < -0.3 is 19.6 Å². The molecule has 2 aromatic rings. The SMILES string of the molecule is CCc1cnc(N2CCC(COc3ccc(C4=CCC(C(=O)N(CC)CCO)CC4)cc3F)CC2)nc1. The zero-order chi connectivity index (χ0) is 26.2. The lowest BCUT2D eigenvalue weighted by Gasteiger charge is -2.31. The summed E-state index contributed by atoms with van der Waals surface area (Å²) in [7, 11) is 0. The molecule has 0 spiro atoms. The molecule has 200 valence electrons. The number of likely N-dealkylation sites (N-methyl/N-ethyl adjacent to an activating group) is 1. The first-order valence-corrected chi connectivity index (χ1v) is 13.6. The van der Waals surface area contributed by atoms with Gasteiger partial charge in [-0.15, -0.1) is 0 Å². The fraction of sp³-hybridized carbons (Fsp3) is 0.552. The van der Waals surface area contributed by atoms with Crippen LogP contribution in [0.15, 0.2) is 36.7 Å². The van der Waals surface area contributed by atoms with E-state index >= 15 is 0 Å². The first-order chi connectivity index (χ1) is 18.0. The molecule has 1 aliphatic carbocycles. The fourth-order valence-corrected chi connectivity index (χ4v) is 5.14. The molecule has 1 saturated heterocycles. The molecule has 4 rings (SSSR count). The molecule has 0 saturated carbocycles. The van der Waals surface area contributed by atoms with Crippen LogP contribution in [-0.4, -0.2) is 65.3 Å². The van der Waals surface area contributed by atoms with Gasteiger partial charge in [0.1, 0.15) is 0 Å². The first-order valence-electron chi connectivity index (χ1n) is 13.6. The second-order valence-electron chi connectivity index (χ2n) is 9.97. The van der Waals surface area contributed by atoms with Gasteiger partial charge in [0.15, 0.2) is 11.6 Å². The maximum Gasteiger partial charge on any atom is 0.226 e. The second-order valence-corrected chi connectivity index (χ2v) is 9.97. The monoisotopic (exact) mass is 510 g/mol. The minimum Gasteiger partial charge on any atom is -0.490 e. The van der Waals surface area contributed by atoms with E-state index in [4.69, 9.17) is 4.74 Å². The zero-order valence-corrected chi connectivity index (χ0v) is 22.0. The van der Waals surface area contributed by atoms with E-state index in [1.165, 1.54) is 0 Å². The minimum absolute atomic E-state index is 0.0251. The van der Waals surface area contributed by atoms with E-state index in [1.54, 1.807) is 17.0 Å². The summed E-state index contributed by atoms with van der Waals surface area (Å²) in [6, 6.07) is 5.19. The number of allylic oxidation sites excluding steroid dienone is 2. The van der Waals surface area contributed by atoms with Crippen LogP contribution < -0.4 is 9.64 Å². The van der Waals surface area contributed by atoms with Crippen LogP contribution in [0.4, 0.5) is 10.3 Å². The summed E-state index contributed by atoms with van der Waals surface area (Å²) in [5.74, 6) is 1.11. The van der Waals surface area contributed by atoms with Gasteiger partial charge in [0, 0.05) is 44.5 Å². The average molecular weight is 511 g/mol. The van der Waals surface area contributed by atoms with Gasteiger partial charge in [-0.05, 0) is 80.2 Å². The van der Waals surface area contributed by atoms with Crippen molar-refractivity contribution in [1.82, 2.24) is 14.9 Å².